The zero-order valence-corrected chi connectivity index (χ0v) is 13.2. The van der Waals surface area contributed by atoms with Gasteiger partial charge in [-0.05, 0) is 37.3 Å². The molecule has 3 atom stereocenters. The van der Waals surface area contributed by atoms with Crippen LogP contribution in [-0.2, 0) is 4.79 Å². The van der Waals surface area contributed by atoms with Crippen LogP contribution in [0.15, 0.2) is 36.4 Å². The van der Waals surface area contributed by atoms with Crippen LogP contribution >= 0.6 is 11.6 Å². The van der Waals surface area contributed by atoms with Gasteiger partial charge in [0.15, 0.2) is 0 Å². The number of anilines is 1. The van der Waals surface area contributed by atoms with Gasteiger partial charge in [0.25, 0.3) is 5.91 Å². The average molecular weight is 327 g/mol. The first-order valence-corrected chi connectivity index (χ1v) is 8.38. The standard InChI is InChI=1S/C18H15ClN2O2/c19-14-7-8-15(13-4-2-1-3-12(13)14)21-17(22)16-10-5-6-11(9-10)20(16)18(21)23/h1-4,7-8,10-11,16H,5-6,9H2/t10-,11+,16?/m1/s1. The fourth-order valence-corrected chi connectivity index (χ4v) is 4.81. The number of carbonyl (C=O) groups is 2. The van der Waals surface area contributed by atoms with E-state index in [0.29, 0.717) is 16.6 Å². The molecule has 1 saturated carbocycles. The molecule has 3 aliphatic rings. The van der Waals surface area contributed by atoms with Crippen molar-refractivity contribution in [3.63, 3.8) is 0 Å². The monoisotopic (exact) mass is 326 g/mol. The summed E-state index contributed by atoms with van der Waals surface area (Å²) in [6, 6.07) is 11.0. The maximum absolute atomic E-state index is 12.9. The lowest BCUT2D eigenvalue weighted by Crippen LogP contribution is -2.40. The Kier molecular flexibility index (Phi) is 2.61. The van der Waals surface area contributed by atoms with Gasteiger partial charge in [-0.25, -0.2) is 9.69 Å². The normalized spacial score (nSPS) is 29.0. The molecule has 3 amide bonds. The lowest BCUT2D eigenvalue weighted by molar-refractivity contribution is -0.120. The third-order valence-corrected chi connectivity index (χ3v) is 5.89. The fourth-order valence-electron chi connectivity index (χ4n) is 4.59. The van der Waals surface area contributed by atoms with Gasteiger partial charge in [0.05, 0.1) is 5.69 Å². The molecular weight excluding hydrogens is 312 g/mol. The van der Waals surface area contributed by atoms with E-state index in [1.165, 1.54) is 4.90 Å². The van der Waals surface area contributed by atoms with Crippen LogP contribution < -0.4 is 4.90 Å². The highest BCUT2D eigenvalue weighted by atomic mass is 35.5. The number of nitrogens with zero attached hydrogens (tertiary/aromatic N) is 2. The molecule has 2 saturated heterocycles. The van der Waals surface area contributed by atoms with Crippen molar-refractivity contribution >= 4 is 40.0 Å². The summed E-state index contributed by atoms with van der Waals surface area (Å²) < 4.78 is 0. The molecule has 2 heterocycles. The highest BCUT2D eigenvalue weighted by Crippen LogP contribution is 2.48. The molecule has 2 bridgehead atoms. The number of imide groups is 1. The summed E-state index contributed by atoms with van der Waals surface area (Å²) in [7, 11) is 0. The Morgan fingerprint density at radius 1 is 1.00 bits per heavy atom. The molecule has 1 unspecified atom stereocenters. The highest BCUT2D eigenvalue weighted by molar-refractivity contribution is 6.36. The summed E-state index contributed by atoms with van der Waals surface area (Å²) in [6.07, 6.45) is 3.06. The van der Waals surface area contributed by atoms with Gasteiger partial charge in [0.1, 0.15) is 6.04 Å². The van der Waals surface area contributed by atoms with E-state index in [1.807, 2.05) is 29.2 Å². The number of halogens is 1. The quantitative estimate of drug-likeness (QED) is 0.748. The maximum Gasteiger partial charge on any atom is 0.332 e. The number of carbonyl (C=O) groups excluding carboxylic acids is 2. The highest BCUT2D eigenvalue weighted by Gasteiger charge is 2.59. The van der Waals surface area contributed by atoms with Gasteiger partial charge < -0.3 is 4.90 Å². The van der Waals surface area contributed by atoms with Gasteiger partial charge in [0, 0.05) is 21.8 Å². The van der Waals surface area contributed by atoms with Crippen molar-refractivity contribution in [3.05, 3.63) is 41.4 Å². The molecule has 3 fully saturated rings. The molecule has 0 aromatic heterocycles. The third-order valence-electron chi connectivity index (χ3n) is 5.56. The molecule has 0 spiro atoms. The zero-order valence-electron chi connectivity index (χ0n) is 12.4. The van der Waals surface area contributed by atoms with E-state index in [0.717, 1.165) is 30.0 Å². The molecule has 2 aromatic rings. The minimum Gasteiger partial charge on any atom is -0.309 e. The number of urea groups is 1. The Morgan fingerprint density at radius 3 is 2.57 bits per heavy atom. The van der Waals surface area contributed by atoms with E-state index in [2.05, 4.69) is 0 Å². The van der Waals surface area contributed by atoms with Gasteiger partial charge in [0.2, 0.25) is 0 Å². The van der Waals surface area contributed by atoms with Gasteiger partial charge in [-0.1, -0.05) is 35.9 Å². The summed E-state index contributed by atoms with van der Waals surface area (Å²) >= 11 is 6.26. The summed E-state index contributed by atoms with van der Waals surface area (Å²) in [5.41, 5.74) is 0.647. The third kappa shape index (κ3) is 1.62. The number of hydrogen-bond acceptors (Lipinski definition) is 2. The largest absolute Gasteiger partial charge is 0.332 e. The number of amides is 3. The smallest absolute Gasteiger partial charge is 0.309 e. The number of piperidine rings is 1. The second-order valence-electron chi connectivity index (χ2n) is 6.65. The summed E-state index contributed by atoms with van der Waals surface area (Å²) in [4.78, 5) is 29.0. The molecule has 1 aliphatic carbocycles. The van der Waals surface area contributed by atoms with Crippen molar-refractivity contribution in [3.8, 4) is 0 Å². The molecule has 0 N–H and O–H groups in total. The molecule has 116 valence electrons. The van der Waals surface area contributed by atoms with E-state index in [-0.39, 0.29) is 24.0 Å². The van der Waals surface area contributed by atoms with Gasteiger partial charge >= 0.3 is 6.03 Å². The van der Waals surface area contributed by atoms with Crippen molar-refractivity contribution in [2.75, 3.05) is 4.90 Å². The number of benzene rings is 2. The van der Waals surface area contributed by atoms with Crippen LogP contribution in [0.1, 0.15) is 19.3 Å². The van der Waals surface area contributed by atoms with Gasteiger partial charge in [-0.2, -0.15) is 0 Å². The molecule has 5 heteroatoms. The molecular formula is C18H15ClN2O2. The minimum absolute atomic E-state index is 0.0744. The molecule has 23 heavy (non-hydrogen) atoms. The topological polar surface area (TPSA) is 40.6 Å². The van der Waals surface area contributed by atoms with Crippen LogP contribution in [0.5, 0.6) is 0 Å². The number of rotatable bonds is 1. The van der Waals surface area contributed by atoms with E-state index in [1.54, 1.807) is 12.1 Å². The van der Waals surface area contributed by atoms with E-state index in [4.69, 9.17) is 11.6 Å². The Morgan fingerprint density at radius 2 is 1.78 bits per heavy atom. The molecule has 4 nitrogen and oxygen atoms in total. The second kappa shape index (κ2) is 4.48. The second-order valence-corrected chi connectivity index (χ2v) is 7.05. The Hall–Kier alpha value is -2.07. The lowest BCUT2D eigenvalue weighted by Gasteiger charge is -2.25. The Balaban J connectivity index is 1.67. The van der Waals surface area contributed by atoms with Crippen LogP contribution in [0.25, 0.3) is 10.8 Å². The summed E-state index contributed by atoms with van der Waals surface area (Å²) in [6.45, 7) is 0. The van der Waals surface area contributed by atoms with Crippen molar-refractivity contribution in [2.45, 2.75) is 31.3 Å². The predicted molar refractivity (Wildman–Crippen MR) is 88.6 cm³/mol. The zero-order chi connectivity index (χ0) is 15.7. The summed E-state index contributed by atoms with van der Waals surface area (Å²) in [5, 5.41) is 2.33. The van der Waals surface area contributed by atoms with Crippen LogP contribution in [0, 0.1) is 5.92 Å². The molecule has 2 aromatic carbocycles. The van der Waals surface area contributed by atoms with Crippen molar-refractivity contribution < 1.29 is 9.59 Å². The van der Waals surface area contributed by atoms with Gasteiger partial charge in [-0.15, -0.1) is 0 Å². The SMILES string of the molecule is O=C1C2[C@@H]3CC[C@@H](C3)N2C(=O)N1c1ccc(Cl)c2ccccc12. The first-order valence-electron chi connectivity index (χ1n) is 8.00. The van der Waals surface area contributed by atoms with Gasteiger partial charge in [-0.3, -0.25) is 4.79 Å². The van der Waals surface area contributed by atoms with E-state index < -0.39 is 0 Å². The average Bonchev–Trinajstić information content (AvgIpc) is 3.24. The Bertz CT molecular complexity index is 837. The van der Waals surface area contributed by atoms with Crippen LogP contribution in [0.2, 0.25) is 5.02 Å². The summed E-state index contributed by atoms with van der Waals surface area (Å²) in [5.74, 6) is 0.259. The molecule has 0 radical (unpaired) electrons. The number of hydrogen-bond donors (Lipinski definition) is 0. The van der Waals surface area contributed by atoms with Crippen LogP contribution in [-0.4, -0.2) is 28.9 Å². The predicted octanol–water partition coefficient (Wildman–Crippen LogP) is 3.81. The van der Waals surface area contributed by atoms with Crippen molar-refractivity contribution in [2.24, 2.45) is 5.92 Å². The first kappa shape index (κ1) is 13.4. The maximum atomic E-state index is 12.9. The Labute approximate surface area is 138 Å². The minimum atomic E-state index is -0.254. The van der Waals surface area contributed by atoms with Crippen LogP contribution in [0.3, 0.4) is 0 Å². The lowest BCUT2D eigenvalue weighted by atomic mass is 9.99. The number of fused-ring (bicyclic) bond motifs is 6. The van der Waals surface area contributed by atoms with Crippen LogP contribution in [0.4, 0.5) is 10.5 Å². The van der Waals surface area contributed by atoms with E-state index >= 15 is 0 Å². The van der Waals surface area contributed by atoms with E-state index in [9.17, 15) is 9.59 Å². The van der Waals surface area contributed by atoms with Crippen molar-refractivity contribution in [1.29, 1.82) is 0 Å². The molecule has 5 rings (SSSR count). The first-order chi connectivity index (χ1) is 11.2. The van der Waals surface area contributed by atoms with Crippen molar-refractivity contribution in [1.82, 2.24) is 4.90 Å². The fraction of sp³-hybridized carbons (Fsp3) is 0.333. The molecule has 2 aliphatic heterocycles.